The molecular formula is C19H21N3O7S. The van der Waals surface area contributed by atoms with Gasteiger partial charge in [0.25, 0.3) is 11.6 Å². The van der Waals surface area contributed by atoms with Crippen LogP contribution in [0.25, 0.3) is 0 Å². The Hall–Kier alpha value is -3.31. The largest absolute Gasteiger partial charge is 0.449 e. The SMILES string of the molecule is Cc1cc(C(=O)OC(C)C(=O)Nc2cccc(S(=O)(=O)N(C)C)c2)ccc1[N+](=O)[O-]. The van der Waals surface area contributed by atoms with Crippen LogP contribution >= 0.6 is 0 Å². The van der Waals surface area contributed by atoms with Gasteiger partial charge in [-0.2, -0.15) is 0 Å². The molecule has 11 heteroatoms. The van der Waals surface area contributed by atoms with Crippen molar-refractivity contribution in [3.63, 3.8) is 0 Å². The molecule has 30 heavy (non-hydrogen) atoms. The van der Waals surface area contributed by atoms with Crippen molar-refractivity contribution in [1.29, 1.82) is 0 Å². The minimum Gasteiger partial charge on any atom is -0.449 e. The van der Waals surface area contributed by atoms with E-state index in [1.165, 1.54) is 70.4 Å². The molecule has 2 rings (SSSR count). The summed E-state index contributed by atoms with van der Waals surface area (Å²) < 4.78 is 30.6. The van der Waals surface area contributed by atoms with Gasteiger partial charge in [0.05, 0.1) is 15.4 Å². The van der Waals surface area contributed by atoms with Crippen molar-refractivity contribution in [2.45, 2.75) is 24.8 Å². The first-order chi connectivity index (χ1) is 13.9. The van der Waals surface area contributed by atoms with Crippen LogP contribution in [-0.2, 0) is 19.6 Å². The quantitative estimate of drug-likeness (QED) is 0.400. The van der Waals surface area contributed by atoms with E-state index in [0.29, 0.717) is 0 Å². The summed E-state index contributed by atoms with van der Waals surface area (Å²) in [5.41, 5.74) is 0.434. The number of hydrogen-bond acceptors (Lipinski definition) is 7. The standard InChI is InChI=1S/C19H21N3O7S/c1-12-10-14(8-9-17(12)22(25)26)19(24)29-13(2)18(23)20-15-6-5-7-16(11-15)30(27,28)21(3)4/h5-11,13H,1-4H3,(H,20,23). The summed E-state index contributed by atoms with van der Waals surface area (Å²) in [6.07, 6.45) is -1.19. The molecule has 0 aliphatic rings. The predicted octanol–water partition coefficient (Wildman–Crippen LogP) is 2.34. The summed E-state index contributed by atoms with van der Waals surface area (Å²) in [6, 6.07) is 9.40. The Labute approximate surface area is 173 Å². The van der Waals surface area contributed by atoms with Gasteiger partial charge in [0, 0.05) is 31.4 Å². The van der Waals surface area contributed by atoms with Gasteiger partial charge < -0.3 is 10.1 Å². The molecule has 0 aliphatic heterocycles. The van der Waals surface area contributed by atoms with E-state index < -0.39 is 32.9 Å². The van der Waals surface area contributed by atoms with E-state index in [1.54, 1.807) is 0 Å². The Morgan fingerprint density at radius 3 is 2.40 bits per heavy atom. The average molecular weight is 435 g/mol. The average Bonchev–Trinajstić information content (AvgIpc) is 2.67. The van der Waals surface area contributed by atoms with E-state index in [2.05, 4.69) is 5.32 Å². The van der Waals surface area contributed by atoms with E-state index in [4.69, 9.17) is 4.74 Å². The van der Waals surface area contributed by atoms with Gasteiger partial charge in [-0.15, -0.1) is 0 Å². The van der Waals surface area contributed by atoms with E-state index in [9.17, 15) is 28.1 Å². The third-order valence-electron chi connectivity index (χ3n) is 4.16. The molecule has 0 heterocycles. The minimum atomic E-state index is -3.68. The van der Waals surface area contributed by atoms with Gasteiger partial charge in [0.2, 0.25) is 10.0 Å². The number of sulfonamides is 1. The van der Waals surface area contributed by atoms with Crippen molar-refractivity contribution in [2.24, 2.45) is 0 Å². The first-order valence-electron chi connectivity index (χ1n) is 8.73. The number of nitro benzene ring substituents is 1. The van der Waals surface area contributed by atoms with E-state index in [1.807, 2.05) is 0 Å². The normalized spacial score (nSPS) is 12.3. The number of esters is 1. The topological polar surface area (TPSA) is 136 Å². The highest BCUT2D eigenvalue weighted by Crippen LogP contribution is 2.20. The molecule has 0 saturated carbocycles. The first kappa shape index (κ1) is 23.0. The van der Waals surface area contributed by atoms with Crippen LogP contribution in [-0.4, -0.2) is 49.7 Å². The smallest absolute Gasteiger partial charge is 0.338 e. The number of anilines is 1. The maximum absolute atomic E-state index is 12.3. The third kappa shape index (κ3) is 5.19. The number of ether oxygens (including phenoxy) is 1. The molecule has 0 bridgehead atoms. The van der Waals surface area contributed by atoms with Crippen LogP contribution in [0.1, 0.15) is 22.8 Å². The summed E-state index contributed by atoms with van der Waals surface area (Å²) in [5, 5.41) is 13.4. The van der Waals surface area contributed by atoms with Gasteiger partial charge in [-0.25, -0.2) is 17.5 Å². The van der Waals surface area contributed by atoms with Gasteiger partial charge in [0.1, 0.15) is 0 Å². The van der Waals surface area contributed by atoms with Crippen molar-refractivity contribution in [2.75, 3.05) is 19.4 Å². The molecule has 1 atom stereocenters. The molecule has 2 aromatic carbocycles. The highest BCUT2D eigenvalue weighted by atomic mass is 32.2. The molecule has 1 N–H and O–H groups in total. The molecule has 2 aromatic rings. The number of amides is 1. The third-order valence-corrected chi connectivity index (χ3v) is 5.97. The molecule has 0 spiro atoms. The Morgan fingerprint density at radius 2 is 1.83 bits per heavy atom. The molecule has 1 amide bonds. The summed E-state index contributed by atoms with van der Waals surface area (Å²) in [6.45, 7) is 2.84. The Kier molecular flexibility index (Phi) is 6.90. The van der Waals surface area contributed by atoms with E-state index in [-0.39, 0.29) is 27.4 Å². The number of rotatable bonds is 7. The lowest BCUT2D eigenvalue weighted by molar-refractivity contribution is -0.385. The second-order valence-corrected chi connectivity index (χ2v) is 8.76. The van der Waals surface area contributed by atoms with Crippen LogP contribution in [0.2, 0.25) is 0 Å². The molecule has 0 aliphatic carbocycles. The lowest BCUT2D eigenvalue weighted by atomic mass is 10.1. The van der Waals surface area contributed by atoms with Crippen molar-refractivity contribution in [1.82, 2.24) is 4.31 Å². The summed E-state index contributed by atoms with van der Waals surface area (Å²) in [7, 11) is -0.894. The van der Waals surface area contributed by atoms with Gasteiger partial charge in [-0.3, -0.25) is 14.9 Å². The molecular weight excluding hydrogens is 414 g/mol. The van der Waals surface area contributed by atoms with Crippen molar-refractivity contribution < 1.29 is 27.7 Å². The summed E-state index contributed by atoms with van der Waals surface area (Å²) in [4.78, 5) is 34.9. The maximum atomic E-state index is 12.3. The van der Waals surface area contributed by atoms with Crippen LogP contribution in [0.4, 0.5) is 11.4 Å². The van der Waals surface area contributed by atoms with Crippen LogP contribution in [0.3, 0.4) is 0 Å². The van der Waals surface area contributed by atoms with Crippen molar-refractivity contribution in [3.8, 4) is 0 Å². The fourth-order valence-corrected chi connectivity index (χ4v) is 3.41. The Morgan fingerprint density at radius 1 is 1.17 bits per heavy atom. The Balaban J connectivity index is 2.09. The van der Waals surface area contributed by atoms with Crippen molar-refractivity contribution >= 4 is 33.3 Å². The molecule has 0 radical (unpaired) electrons. The number of carbonyl (C=O) groups is 2. The fourth-order valence-electron chi connectivity index (χ4n) is 2.46. The van der Waals surface area contributed by atoms with Gasteiger partial charge in [-0.1, -0.05) is 6.07 Å². The zero-order valence-electron chi connectivity index (χ0n) is 16.8. The molecule has 160 valence electrons. The lowest BCUT2D eigenvalue weighted by Crippen LogP contribution is -2.30. The highest BCUT2D eigenvalue weighted by molar-refractivity contribution is 7.89. The number of nitrogens with one attached hydrogen (secondary N) is 1. The maximum Gasteiger partial charge on any atom is 0.338 e. The molecule has 10 nitrogen and oxygen atoms in total. The number of nitrogens with zero attached hydrogens (tertiary/aromatic N) is 2. The fraction of sp³-hybridized carbons (Fsp3) is 0.263. The number of benzene rings is 2. The van der Waals surface area contributed by atoms with Crippen LogP contribution in [0.5, 0.6) is 0 Å². The molecule has 0 aromatic heterocycles. The van der Waals surface area contributed by atoms with Crippen LogP contribution in [0, 0.1) is 17.0 Å². The van der Waals surface area contributed by atoms with Gasteiger partial charge in [0.15, 0.2) is 6.10 Å². The number of carbonyl (C=O) groups excluding carboxylic acids is 2. The molecule has 0 saturated heterocycles. The second-order valence-electron chi connectivity index (χ2n) is 6.61. The molecule has 0 fully saturated rings. The summed E-state index contributed by atoms with van der Waals surface area (Å²) in [5.74, 6) is -1.49. The monoisotopic (exact) mass is 435 g/mol. The Bertz CT molecular complexity index is 1100. The highest BCUT2D eigenvalue weighted by Gasteiger charge is 2.22. The van der Waals surface area contributed by atoms with E-state index >= 15 is 0 Å². The van der Waals surface area contributed by atoms with Crippen LogP contribution in [0.15, 0.2) is 47.4 Å². The predicted molar refractivity (Wildman–Crippen MR) is 109 cm³/mol. The van der Waals surface area contributed by atoms with Crippen molar-refractivity contribution in [3.05, 3.63) is 63.7 Å². The minimum absolute atomic E-state index is 0.00342. The van der Waals surface area contributed by atoms with Gasteiger partial charge >= 0.3 is 5.97 Å². The summed E-state index contributed by atoms with van der Waals surface area (Å²) >= 11 is 0. The number of hydrogen-bond donors (Lipinski definition) is 1. The first-order valence-corrected chi connectivity index (χ1v) is 10.2. The van der Waals surface area contributed by atoms with E-state index in [0.717, 1.165) is 4.31 Å². The number of nitro groups is 1. The van der Waals surface area contributed by atoms with Crippen LogP contribution < -0.4 is 5.32 Å². The lowest BCUT2D eigenvalue weighted by Gasteiger charge is -2.15. The van der Waals surface area contributed by atoms with Gasteiger partial charge in [-0.05, 0) is 44.2 Å². The zero-order valence-corrected chi connectivity index (χ0v) is 17.6. The second kappa shape index (κ2) is 9.01. The molecule has 1 unspecified atom stereocenters. The number of aryl methyl sites for hydroxylation is 1. The zero-order chi connectivity index (χ0) is 22.6.